The second-order valence-corrected chi connectivity index (χ2v) is 4.66. The Bertz CT molecular complexity index is 192. The highest BCUT2D eigenvalue weighted by atomic mass is 16.3. The zero-order valence-electron chi connectivity index (χ0n) is 11.2. The van der Waals surface area contributed by atoms with Gasteiger partial charge in [0.2, 0.25) is 5.91 Å². The van der Waals surface area contributed by atoms with Crippen LogP contribution in [0.25, 0.3) is 0 Å². The molecule has 0 rings (SSSR count). The van der Waals surface area contributed by atoms with E-state index in [0.717, 1.165) is 38.5 Å². The van der Waals surface area contributed by atoms with E-state index in [-0.39, 0.29) is 18.6 Å². The summed E-state index contributed by atoms with van der Waals surface area (Å²) >= 11 is 0. The average molecular weight is 244 g/mol. The summed E-state index contributed by atoms with van der Waals surface area (Å²) in [5.41, 5.74) is 5.78. The molecule has 0 aliphatic carbocycles. The first kappa shape index (κ1) is 16.4. The molecule has 0 aromatic heterocycles. The smallest absolute Gasteiger partial charge is 0.236 e. The molecule has 0 bridgehead atoms. The fourth-order valence-electron chi connectivity index (χ4n) is 1.87. The normalized spacial score (nSPS) is 14.4. The third kappa shape index (κ3) is 8.16. The van der Waals surface area contributed by atoms with Crippen LogP contribution in [0.5, 0.6) is 0 Å². The van der Waals surface area contributed by atoms with E-state index in [9.17, 15) is 4.79 Å². The molecular weight excluding hydrogens is 216 g/mol. The summed E-state index contributed by atoms with van der Waals surface area (Å²) in [5, 5.41) is 11.8. The van der Waals surface area contributed by atoms with Crippen molar-refractivity contribution in [3.8, 4) is 0 Å². The van der Waals surface area contributed by atoms with Crippen LogP contribution in [-0.2, 0) is 4.79 Å². The van der Waals surface area contributed by atoms with E-state index in [1.807, 2.05) is 0 Å². The summed E-state index contributed by atoms with van der Waals surface area (Å²) in [6, 6.07) is -0.383. The van der Waals surface area contributed by atoms with Crippen molar-refractivity contribution < 1.29 is 9.90 Å². The molecule has 0 fully saturated rings. The van der Waals surface area contributed by atoms with E-state index in [2.05, 4.69) is 19.2 Å². The van der Waals surface area contributed by atoms with Crippen LogP contribution >= 0.6 is 0 Å². The Hall–Kier alpha value is -0.610. The fraction of sp³-hybridized carbons (Fsp3) is 0.923. The van der Waals surface area contributed by atoms with Gasteiger partial charge in [-0.25, -0.2) is 0 Å². The summed E-state index contributed by atoms with van der Waals surface area (Å²) in [7, 11) is 0. The number of nitrogens with two attached hydrogens (primary N) is 1. The van der Waals surface area contributed by atoms with Crippen LogP contribution in [0, 0.1) is 5.92 Å². The lowest BCUT2D eigenvalue weighted by Gasteiger charge is -2.17. The minimum atomic E-state index is -0.383. The van der Waals surface area contributed by atoms with Crippen molar-refractivity contribution in [3.05, 3.63) is 0 Å². The topological polar surface area (TPSA) is 75.4 Å². The van der Waals surface area contributed by atoms with E-state index in [1.165, 1.54) is 0 Å². The standard InChI is InChI=1S/C13H28N2O2/c1-3-5-7-12(14)13(17)15-10-11(6-4-2)8-9-16/h11-12,16H,3-10,14H2,1-2H3,(H,15,17). The molecule has 2 atom stereocenters. The lowest BCUT2D eigenvalue weighted by Crippen LogP contribution is -2.42. The molecule has 17 heavy (non-hydrogen) atoms. The van der Waals surface area contributed by atoms with Crippen LogP contribution < -0.4 is 11.1 Å². The van der Waals surface area contributed by atoms with Gasteiger partial charge in [-0.1, -0.05) is 33.1 Å². The molecule has 4 nitrogen and oxygen atoms in total. The van der Waals surface area contributed by atoms with Gasteiger partial charge in [0, 0.05) is 13.2 Å². The number of aliphatic hydroxyl groups excluding tert-OH is 1. The zero-order valence-corrected chi connectivity index (χ0v) is 11.2. The number of aliphatic hydroxyl groups is 1. The molecule has 0 saturated heterocycles. The quantitative estimate of drug-likeness (QED) is 0.544. The van der Waals surface area contributed by atoms with Gasteiger partial charge >= 0.3 is 0 Å². The van der Waals surface area contributed by atoms with Crippen LogP contribution in [0.3, 0.4) is 0 Å². The van der Waals surface area contributed by atoms with E-state index in [0.29, 0.717) is 12.5 Å². The van der Waals surface area contributed by atoms with Gasteiger partial charge in [-0.15, -0.1) is 0 Å². The minimum absolute atomic E-state index is 0.0579. The van der Waals surface area contributed by atoms with E-state index >= 15 is 0 Å². The maximum Gasteiger partial charge on any atom is 0.236 e. The Kier molecular flexibility index (Phi) is 10.2. The number of unbranched alkanes of at least 4 members (excludes halogenated alkanes) is 1. The first-order valence-electron chi connectivity index (χ1n) is 6.79. The van der Waals surface area contributed by atoms with Gasteiger partial charge in [0.1, 0.15) is 0 Å². The molecule has 0 aromatic rings. The molecule has 0 aliphatic heterocycles. The highest BCUT2D eigenvalue weighted by Crippen LogP contribution is 2.09. The molecule has 4 heteroatoms. The minimum Gasteiger partial charge on any atom is -0.396 e. The molecule has 0 saturated carbocycles. The lowest BCUT2D eigenvalue weighted by atomic mass is 10.00. The SMILES string of the molecule is CCCCC(N)C(=O)NCC(CCC)CCO. The number of amides is 1. The van der Waals surface area contributed by atoms with Gasteiger partial charge in [0.15, 0.2) is 0 Å². The largest absolute Gasteiger partial charge is 0.396 e. The number of rotatable bonds is 10. The Morgan fingerprint density at radius 3 is 2.47 bits per heavy atom. The molecule has 0 aliphatic rings. The summed E-state index contributed by atoms with van der Waals surface area (Å²) in [4.78, 5) is 11.7. The molecule has 1 amide bonds. The van der Waals surface area contributed by atoms with E-state index in [4.69, 9.17) is 10.8 Å². The number of nitrogens with one attached hydrogen (secondary N) is 1. The molecule has 2 unspecified atom stereocenters. The van der Waals surface area contributed by atoms with Crippen molar-refractivity contribution in [3.63, 3.8) is 0 Å². The summed E-state index contributed by atoms with van der Waals surface area (Å²) in [5.74, 6) is 0.310. The zero-order chi connectivity index (χ0) is 13.1. The Morgan fingerprint density at radius 1 is 1.24 bits per heavy atom. The van der Waals surface area contributed by atoms with Gasteiger partial charge in [-0.2, -0.15) is 0 Å². The van der Waals surface area contributed by atoms with Crippen molar-refractivity contribution >= 4 is 5.91 Å². The number of carbonyl (C=O) groups excluding carboxylic acids is 1. The van der Waals surface area contributed by atoms with Crippen molar-refractivity contribution in [2.45, 2.75) is 58.4 Å². The molecule has 4 N–H and O–H groups in total. The average Bonchev–Trinajstić information content (AvgIpc) is 2.33. The highest BCUT2D eigenvalue weighted by molar-refractivity contribution is 5.81. The molecule has 0 radical (unpaired) electrons. The number of hydrogen-bond donors (Lipinski definition) is 3. The molecule has 0 heterocycles. The summed E-state index contributed by atoms with van der Waals surface area (Å²) < 4.78 is 0. The number of hydrogen-bond acceptors (Lipinski definition) is 3. The third-order valence-electron chi connectivity index (χ3n) is 3.00. The van der Waals surface area contributed by atoms with Crippen LogP contribution in [0.2, 0.25) is 0 Å². The molecule has 0 spiro atoms. The van der Waals surface area contributed by atoms with E-state index < -0.39 is 0 Å². The highest BCUT2D eigenvalue weighted by Gasteiger charge is 2.14. The molecule has 0 aromatic carbocycles. The van der Waals surface area contributed by atoms with Crippen LogP contribution in [0.15, 0.2) is 0 Å². The predicted molar refractivity (Wildman–Crippen MR) is 70.6 cm³/mol. The Morgan fingerprint density at radius 2 is 1.94 bits per heavy atom. The van der Waals surface area contributed by atoms with Gasteiger partial charge in [-0.3, -0.25) is 4.79 Å². The van der Waals surface area contributed by atoms with Crippen molar-refractivity contribution in [2.24, 2.45) is 11.7 Å². The van der Waals surface area contributed by atoms with Gasteiger partial charge in [0.05, 0.1) is 6.04 Å². The van der Waals surface area contributed by atoms with Crippen molar-refractivity contribution in [2.75, 3.05) is 13.2 Å². The summed E-state index contributed by atoms with van der Waals surface area (Å²) in [6.07, 6.45) is 5.65. The Labute approximate surface area is 105 Å². The van der Waals surface area contributed by atoms with E-state index in [1.54, 1.807) is 0 Å². The van der Waals surface area contributed by atoms with Crippen LogP contribution in [-0.4, -0.2) is 30.2 Å². The third-order valence-corrected chi connectivity index (χ3v) is 3.00. The maximum absolute atomic E-state index is 11.7. The predicted octanol–water partition coefficient (Wildman–Crippen LogP) is 1.42. The first-order valence-corrected chi connectivity index (χ1v) is 6.79. The van der Waals surface area contributed by atoms with Crippen molar-refractivity contribution in [1.29, 1.82) is 0 Å². The summed E-state index contributed by atoms with van der Waals surface area (Å²) in [6.45, 7) is 5.01. The number of carbonyl (C=O) groups is 1. The van der Waals surface area contributed by atoms with Crippen LogP contribution in [0.4, 0.5) is 0 Å². The van der Waals surface area contributed by atoms with Gasteiger partial charge in [-0.05, 0) is 25.2 Å². The van der Waals surface area contributed by atoms with Gasteiger partial charge in [0.25, 0.3) is 0 Å². The van der Waals surface area contributed by atoms with Crippen LogP contribution in [0.1, 0.15) is 52.4 Å². The monoisotopic (exact) mass is 244 g/mol. The molecule has 102 valence electrons. The second kappa shape index (κ2) is 10.5. The fourth-order valence-corrected chi connectivity index (χ4v) is 1.87. The van der Waals surface area contributed by atoms with Gasteiger partial charge < -0.3 is 16.2 Å². The Balaban J connectivity index is 3.85. The molecular formula is C13H28N2O2. The second-order valence-electron chi connectivity index (χ2n) is 4.66. The maximum atomic E-state index is 11.7. The van der Waals surface area contributed by atoms with Crippen molar-refractivity contribution in [1.82, 2.24) is 5.32 Å². The lowest BCUT2D eigenvalue weighted by molar-refractivity contribution is -0.122. The first-order chi connectivity index (χ1) is 8.15.